The largest absolute Gasteiger partial charge is 0.424 e. The maximum absolute atomic E-state index is 10.2. The van der Waals surface area contributed by atoms with Crippen molar-refractivity contribution in [2.24, 2.45) is 0 Å². The summed E-state index contributed by atoms with van der Waals surface area (Å²) in [6.07, 6.45) is 5.40. The second-order valence-corrected chi connectivity index (χ2v) is 3.31. The van der Waals surface area contributed by atoms with Gasteiger partial charge in [0.2, 0.25) is 6.20 Å². The third-order valence-electron chi connectivity index (χ3n) is 2.00. The molecule has 1 heterocycles. The van der Waals surface area contributed by atoms with Crippen molar-refractivity contribution < 1.29 is 9.66 Å². The predicted molar refractivity (Wildman–Crippen MR) is 64.6 cm³/mol. The molecule has 0 bridgehead atoms. The van der Waals surface area contributed by atoms with E-state index in [1.807, 2.05) is 0 Å². The van der Waals surface area contributed by atoms with Crippen LogP contribution < -0.4 is 4.74 Å². The first-order chi connectivity index (χ1) is 8.74. The molecule has 90 valence electrons. The number of ether oxygens (including phenoxy) is 1. The molecule has 1 aromatic heterocycles. The second-order valence-electron chi connectivity index (χ2n) is 3.31. The zero-order chi connectivity index (χ0) is 12.8. The fraction of sp³-hybridized carbons (Fsp3) is 0. The summed E-state index contributed by atoms with van der Waals surface area (Å²) in [6, 6.07) is 8.77. The maximum atomic E-state index is 10.2. The van der Waals surface area contributed by atoms with Gasteiger partial charge in [-0.15, -0.1) is 0 Å². The Bertz CT molecular complexity index is 570. The van der Waals surface area contributed by atoms with Crippen LogP contribution in [-0.2, 0) is 0 Å². The van der Waals surface area contributed by atoms with E-state index in [1.165, 1.54) is 6.08 Å². The molecule has 18 heavy (non-hydrogen) atoms. The number of rotatable bonds is 4. The molecule has 0 aliphatic heterocycles. The number of hydrogen-bond acceptors (Lipinski definition) is 5. The van der Waals surface area contributed by atoms with Gasteiger partial charge >= 0.3 is 6.01 Å². The van der Waals surface area contributed by atoms with E-state index >= 15 is 0 Å². The van der Waals surface area contributed by atoms with Gasteiger partial charge in [-0.1, -0.05) is 12.1 Å². The third-order valence-corrected chi connectivity index (χ3v) is 2.00. The van der Waals surface area contributed by atoms with Crippen molar-refractivity contribution in [3.63, 3.8) is 0 Å². The average molecular weight is 243 g/mol. The van der Waals surface area contributed by atoms with Crippen molar-refractivity contribution in [2.45, 2.75) is 0 Å². The van der Waals surface area contributed by atoms with Crippen LogP contribution in [-0.4, -0.2) is 14.9 Å². The van der Waals surface area contributed by atoms with E-state index in [-0.39, 0.29) is 6.01 Å². The molecule has 0 radical (unpaired) electrons. The quantitative estimate of drug-likeness (QED) is 0.609. The summed E-state index contributed by atoms with van der Waals surface area (Å²) < 4.78 is 5.40. The minimum absolute atomic E-state index is 0.230. The first kappa shape index (κ1) is 11.7. The number of nitro groups is 1. The summed E-state index contributed by atoms with van der Waals surface area (Å²) in [4.78, 5) is 17.5. The Kier molecular flexibility index (Phi) is 3.60. The molecule has 0 atom stereocenters. The van der Waals surface area contributed by atoms with Crippen molar-refractivity contribution in [1.29, 1.82) is 0 Å². The molecule has 0 amide bonds. The highest BCUT2D eigenvalue weighted by Crippen LogP contribution is 2.19. The molecular weight excluding hydrogens is 234 g/mol. The molecule has 0 fully saturated rings. The molecule has 0 N–H and O–H groups in total. The van der Waals surface area contributed by atoms with Crippen LogP contribution in [0.1, 0.15) is 5.56 Å². The molecule has 2 rings (SSSR count). The van der Waals surface area contributed by atoms with Gasteiger partial charge in [0.15, 0.2) is 0 Å². The highest BCUT2D eigenvalue weighted by Gasteiger charge is 1.99. The number of nitrogens with zero attached hydrogens (tertiary/aromatic N) is 3. The van der Waals surface area contributed by atoms with Gasteiger partial charge in [-0.05, 0) is 23.8 Å². The van der Waals surface area contributed by atoms with Crippen molar-refractivity contribution >= 4 is 6.08 Å². The molecule has 2 aromatic rings. The van der Waals surface area contributed by atoms with Gasteiger partial charge < -0.3 is 4.74 Å². The van der Waals surface area contributed by atoms with Gasteiger partial charge in [-0.25, -0.2) is 9.97 Å². The maximum Gasteiger partial charge on any atom is 0.321 e. The summed E-state index contributed by atoms with van der Waals surface area (Å²) >= 11 is 0. The highest BCUT2D eigenvalue weighted by molar-refractivity contribution is 5.50. The van der Waals surface area contributed by atoms with Crippen LogP contribution in [0.5, 0.6) is 11.8 Å². The van der Waals surface area contributed by atoms with Crippen molar-refractivity contribution in [2.75, 3.05) is 0 Å². The Hall–Kier alpha value is -2.76. The van der Waals surface area contributed by atoms with E-state index in [2.05, 4.69) is 9.97 Å². The number of benzene rings is 1. The smallest absolute Gasteiger partial charge is 0.321 e. The van der Waals surface area contributed by atoms with Crippen molar-refractivity contribution in [3.05, 3.63) is 64.6 Å². The fourth-order valence-electron chi connectivity index (χ4n) is 1.27. The van der Waals surface area contributed by atoms with Crippen molar-refractivity contribution in [1.82, 2.24) is 9.97 Å². The van der Waals surface area contributed by atoms with Gasteiger partial charge in [0.05, 0.1) is 4.92 Å². The Morgan fingerprint density at radius 3 is 2.72 bits per heavy atom. The van der Waals surface area contributed by atoms with Crippen LogP contribution in [0.2, 0.25) is 0 Å². The van der Waals surface area contributed by atoms with Gasteiger partial charge in [-0.3, -0.25) is 10.1 Å². The molecule has 0 spiro atoms. The van der Waals surface area contributed by atoms with E-state index in [9.17, 15) is 10.1 Å². The van der Waals surface area contributed by atoms with Crippen LogP contribution in [0.4, 0.5) is 0 Å². The van der Waals surface area contributed by atoms with Crippen LogP contribution in [0.15, 0.2) is 48.9 Å². The first-order valence-electron chi connectivity index (χ1n) is 5.11. The standard InChI is InChI=1S/C12H9N3O3/c16-15(17)8-5-10-3-1-4-11(9-10)18-12-13-6-2-7-14-12/h1-9H/b8-5+. The lowest BCUT2D eigenvalue weighted by Crippen LogP contribution is -1.90. The van der Waals surface area contributed by atoms with E-state index in [4.69, 9.17) is 4.74 Å². The fourth-order valence-corrected chi connectivity index (χ4v) is 1.27. The number of hydrogen-bond donors (Lipinski definition) is 0. The Balaban J connectivity index is 2.15. The monoisotopic (exact) mass is 243 g/mol. The summed E-state index contributed by atoms with van der Waals surface area (Å²) in [5.74, 6) is 0.520. The average Bonchev–Trinajstić information content (AvgIpc) is 2.38. The summed E-state index contributed by atoms with van der Waals surface area (Å²) in [5.41, 5.74) is 0.667. The molecule has 0 unspecified atom stereocenters. The molecular formula is C12H9N3O3. The van der Waals surface area contributed by atoms with Gasteiger partial charge in [0, 0.05) is 18.5 Å². The molecule has 0 aliphatic rings. The minimum Gasteiger partial charge on any atom is -0.424 e. The van der Waals surface area contributed by atoms with Gasteiger partial charge in [0.1, 0.15) is 5.75 Å². The normalized spacial score (nSPS) is 10.4. The zero-order valence-corrected chi connectivity index (χ0v) is 9.26. The molecule has 6 nitrogen and oxygen atoms in total. The minimum atomic E-state index is -0.520. The van der Waals surface area contributed by atoms with Crippen LogP contribution in [0.3, 0.4) is 0 Å². The highest BCUT2D eigenvalue weighted by atomic mass is 16.6. The summed E-state index contributed by atoms with van der Waals surface area (Å²) in [5, 5.41) is 10.2. The van der Waals surface area contributed by atoms with Crippen molar-refractivity contribution in [3.8, 4) is 11.8 Å². The lowest BCUT2D eigenvalue weighted by atomic mass is 10.2. The third kappa shape index (κ3) is 3.38. The SMILES string of the molecule is O=[N+]([O-])/C=C/c1cccc(Oc2ncccn2)c1. The van der Waals surface area contributed by atoms with Gasteiger partial charge in [0.25, 0.3) is 0 Å². The van der Waals surface area contributed by atoms with E-state index < -0.39 is 4.92 Å². The van der Waals surface area contributed by atoms with Crippen LogP contribution >= 0.6 is 0 Å². The lowest BCUT2D eigenvalue weighted by molar-refractivity contribution is -0.400. The predicted octanol–water partition coefficient (Wildman–Crippen LogP) is 2.52. The second kappa shape index (κ2) is 5.53. The van der Waals surface area contributed by atoms with Crippen LogP contribution in [0.25, 0.3) is 6.08 Å². The van der Waals surface area contributed by atoms with E-state index in [0.29, 0.717) is 11.3 Å². The van der Waals surface area contributed by atoms with Crippen LogP contribution in [0, 0.1) is 10.1 Å². The summed E-state index contributed by atoms with van der Waals surface area (Å²) in [6.45, 7) is 0. The molecule has 1 aromatic carbocycles. The van der Waals surface area contributed by atoms with E-state index in [0.717, 1.165) is 6.20 Å². The topological polar surface area (TPSA) is 78.2 Å². The molecule has 0 aliphatic carbocycles. The Morgan fingerprint density at radius 1 is 1.22 bits per heavy atom. The van der Waals surface area contributed by atoms with Gasteiger partial charge in [-0.2, -0.15) is 0 Å². The molecule has 0 saturated heterocycles. The Labute approximate surface area is 103 Å². The molecule has 6 heteroatoms. The summed E-state index contributed by atoms with van der Waals surface area (Å²) in [7, 11) is 0. The lowest BCUT2D eigenvalue weighted by Gasteiger charge is -2.03. The zero-order valence-electron chi connectivity index (χ0n) is 9.26. The Morgan fingerprint density at radius 2 is 2.00 bits per heavy atom. The van der Waals surface area contributed by atoms with E-state index in [1.54, 1.807) is 42.7 Å². The number of aromatic nitrogens is 2. The first-order valence-corrected chi connectivity index (χ1v) is 5.11. The molecule has 0 saturated carbocycles.